The molecule has 0 radical (unpaired) electrons. The Morgan fingerprint density at radius 1 is 1.12 bits per heavy atom. The monoisotopic (exact) mass is 248 g/mol. The van der Waals surface area contributed by atoms with Gasteiger partial charge in [-0.15, -0.1) is 0 Å². The van der Waals surface area contributed by atoms with Gasteiger partial charge in [0.15, 0.2) is 0 Å². The number of rotatable bonds is 3. The molecule has 1 aliphatic carbocycles. The van der Waals surface area contributed by atoms with Crippen molar-refractivity contribution in [1.82, 2.24) is 10.0 Å². The van der Waals surface area contributed by atoms with E-state index in [4.69, 9.17) is 0 Å². The molecule has 0 aliphatic heterocycles. The summed E-state index contributed by atoms with van der Waals surface area (Å²) >= 11 is 0. The van der Waals surface area contributed by atoms with Crippen molar-refractivity contribution in [3.05, 3.63) is 0 Å². The van der Waals surface area contributed by atoms with Crippen LogP contribution in [0.5, 0.6) is 0 Å². The van der Waals surface area contributed by atoms with Crippen LogP contribution in [0.25, 0.3) is 0 Å². The molecule has 0 bridgehead atoms. The molecule has 2 N–H and O–H groups in total. The Labute approximate surface area is 99.2 Å². The SMILES string of the molecule is CC(C)(C)NC1CCCC(NS(C)(=O)=O)C1. The van der Waals surface area contributed by atoms with Gasteiger partial charge in [0.05, 0.1) is 6.26 Å². The second kappa shape index (κ2) is 5.02. The topological polar surface area (TPSA) is 58.2 Å². The van der Waals surface area contributed by atoms with Crippen molar-refractivity contribution in [3.8, 4) is 0 Å². The first-order valence-corrected chi connectivity index (χ1v) is 7.80. The maximum atomic E-state index is 11.2. The number of hydrogen-bond donors (Lipinski definition) is 2. The molecule has 1 aliphatic rings. The summed E-state index contributed by atoms with van der Waals surface area (Å²) in [6.07, 6.45) is 5.30. The smallest absolute Gasteiger partial charge is 0.208 e. The number of hydrogen-bond acceptors (Lipinski definition) is 3. The molecule has 0 heterocycles. The fraction of sp³-hybridized carbons (Fsp3) is 1.00. The van der Waals surface area contributed by atoms with Gasteiger partial charge >= 0.3 is 0 Å². The summed E-state index contributed by atoms with van der Waals surface area (Å²) < 4.78 is 25.0. The Bertz CT molecular complexity index is 319. The van der Waals surface area contributed by atoms with Gasteiger partial charge in [0.1, 0.15) is 0 Å². The summed E-state index contributed by atoms with van der Waals surface area (Å²) in [6, 6.07) is 0.525. The fourth-order valence-corrected chi connectivity index (χ4v) is 3.16. The van der Waals surface area contributed by atoms with Crippen LogP contribution < -0.4 is 10.0 Å². The molecule has 96 valence electrons. The van der Waals surface area contributed by atoms with Crippen LogP contribution >= 0.6 is 0 Å². The predicted molar refractivity (Wildman–Crippen MR) is 66.9 cm³/mol. The van der Waals surface area contributed by atoms with Gasteiger partial charge in [-0.05, 0) is 40.0 Å². The second-order valence-electron chi connectivity index (χ2n) is 5.84. The van der Waals surface area contributed by atoms with Crippen LogP contribution in [0.1, 0.15) is 46.5 Å². The van der Waals surface area contributed by atoms with E-state index in [2.05, 4.69) is 30.8 Å². The lowest BCUT2D eigenvalue weighted by Crippen LogP contribution is -2.49. The zero-order valence-electron chi connectivity index (χ0n) is 10.7. The van der Waals surface area contributed by atoms with Crippen molar-refractivity contribution in [3.63, 3.8) is 0 Å². The molecular formula is C11H24N2O2S. The normalized spacial score (nSPS) is 28.0. The average molecular weight is 248 g/mol. The Morgan fingerprint density at radius 3 is 2.19 bits per heavy atom. The third-order valence-corrected chi connectivity index (χ3v) is 3.45. The lowest BCUT2D eigenvalue weighted by molar-refractivity contribution is 0.270. The van der Waals surface area contributed by atoms with Gasteiger partial charge in [-0.25, -0.2) is 13.1 Å². The fourth-order valence-electron chi connectivity index (χ4n) is 2.34. The lowest BCUT2D eigenvalue weighted by atomic mass is 9.90. The van der Waals surface area contributed by atoms with E-state index in [1.54, 1.807) is 0 Å². The molecule has 4 nitrogen and oxygen atoms in total. The summed E-state index contributed by atoms with van der Waals surface area (Å²) in [5.41, 5.74) is 0.0949. The van der Waals surface area contributed by atoms with E-state index < -0.39 is 10.0 Å². The Balaban J connectivity index is 2.48. The minimum atomic E-state index is -3.07. The highest BCUT2D eigenvalue weighted by Crippen LogP contribution is 2.21. The van der Waals surface area contributed by atoms with Crippen LogP contribution in [-0.2, 0) is 10.0 Å². The maximum absolute atomic E-state index is 11.2. The van der Waals surface area contributed by atoms with Crippen LogP contribution in [0, 0.1) is 0 Å². The average Bonchev–Trinajstić information content (AvgIpc) is 1.96. The Morgan fingerprint density at radius 2 is 1.69 bits per heavy atom. The van der Waals surface area contributed by atoms with Crippen LogP contribution in [0.15, 0.2) is 0 Å². The minimum Gasteiger partial charge on any atom is -0.309 e. The first-order chi connectivity index (χ1) is 7.16. The molecule has 1 rings (SSSR count). The summed E-state index contributed by atoms with van der Waals surface area (Å²) in [7, 11) is -3.07. The van der Waals surface area contributed by atoms with Gasteiger partial charge in [-0.1, -0.05) is 6.42 Å². The highest BCUT2D eigenvalue weighted by Gasteiger charge is 2.26. The molecule has 2 atom stereocenters. The molecule has 1 fully saturated rings. The van der Waals surface area contributed by atoms with E-state index in [-0.39, 0.29) is 11.6 Å². The molecular weight excluding hydrogens is 224 g/mol. The van der Waals surface area contributed by atoms with Crippen LogP contribution in [0.3, 0.4) is 0 Å². The van der Waals surface area contributed by atoms with Crippen molar-refractivity contribution in [2.75, 3.05) is 6.26 Å². The zero-order valence-corrected chi connectivity index (χ0v) is 11.5. The minimum absolute atomic E-state index is 0.0949. The number of nitrogens with one attached hydrogen (secondary N) is 2. The number of sulfonamides is 1. The molecule has 0 saturated heterocycles. The summed E-state index contributed by atoms with van der Waals surface area (Å²) in [6.45, 7) is 6.42. The summed E-state index contributed by atoms with van der Waals surface area (Å²) in [5, 5.41) is 3.54. The van der Waals surface area contributed by atoms with Crippen molar-refractivity contribution < 1.29 is 8.42 Å². The van der Waals surface area contributed by atoms with E-state index in [9.17, 15) is 8.42 Å². The first kappa shape index (κ1) is 13.9. The second-order valence-corrected chi connectivity index (χ2v) is 7.62. The van der Waals surface area contributed by atoms with Gasteiger partial charge in [-0.2, -0.15) is 0 Å². The Hall–Kier alpha value is -0.130. The van der Waals surface area contributed by atoms with E-state index >= 15 is 0 Å². The van der Waals surface area contributed by atoms with Crippen molar-refractivity contribution in [2.24, 2.45) is 0 Å². The molecule has 1 saturated carbocycles. The van der Waals surface area contributed by atoms with Gasteiger partial charge in [0, 0.05) is 17.6 Å². The van der Waals surface area contributed by atoms with Crippen molar-refractivity contribution >= 4 is 10.0 Å². The quantitative estimate of drug-likeness (QED) is 0.790. The van der Waals surface area contributed by atoms with Gasteiger partial charge < -0.3 is 5.32 Å². The first-order valence-electron chi connectivity index (χ1n) is 5.91. The van der Waals surface area contributed by atoms with E-state index in [0.717, 1.165) is 25.7 Å². The van der Waals surface area contributed by atoms with E-state index in [1.165, 1.54) is 6.26 Å². The molecule has 2 unspecified atom stereocenters. The molecule has 0 aromatic rings. The molecule has 16 heavy (non-hydrogen) atoms. The molecule has 0 amide bonds. The van der Waals surface area contributed by atoms with Crippen LogP contribution in [0.4, 0.5) is 0 Å². The third kappa shape index (κ3) is 5.82. The van der Waals surface area contributed by atoms with Gasteiger partial charge in [0.2, 0.25) is 10.0 Å². The third-order valence-electron chi connectivity index (χ3n) is 2.69. The standard InChI is InChI=1S/C11H24N2O2S/c1-11(2,3)12-9-6-5-7-10(8-9)13-16(4,14)15/h9-10,12-13H,5-8H2,1-4H3. The lowest BCUT2D eigenvalue weighted by Gasteiger charge is -2.34. The van der Waals surface area contributed by atoms with E-state index in [0.29, 0.717) is 6.04 Å². The summed E-state index contributed by atoms with van der Waals surface area (Å²) in [4.78, 5) is 0. The van der Waals surface area contributed by atoms with Gasteiger partial charge in [0.25, 0.3) is 0 Å². The molecule has 5 heteroatoms. The van der Waals surface area contributed by atoms with Crippen LogP contribution in [0.2, 0.25) is 0 Å². The maximum Gasteiger partial charge on any atom is 0.208 e. The molecule has 0 spiro atoms. The molecule has 0 aromatic heterocycles. The Kier molecular flexibility index (Phi) is 4.37. The highest BCUT2D eigenvalue weighted by atomic mass is 32.2. The van der Waals surface area contributed by atoms with Gasteiger partial charge in [-0.3, -0.25) is 0 Å². The van der Waals surface area contributed by atoms with E-state index in [1.807, 2.05) is 0 Å². The highest BCUT2D eigenvalue weighted by molar-refractivity contribution is 7.88. The largest absolute Gasteiger partial charge is 0.309 e. The van der Waals surface area contributed by atoms with Crippen molar-refractivity contribution in [1.29, 1.82) is 0 Å². The predicted octanol–water partition coefficient (Wildman–Crippen LogP) is 1.23. The van der Waals surface area contributed by atoms with Crippen molar-refractivity contribution in [2.45, 2.75) is 64.1 Å². The zero-order chi connectivity index (χ0) is 12.4. The molecule has 0 aromatic carbocycles. The van der Waals surface area contributed by atoms with Crippen LogP contribution in [-0.4, -0.2) is 32.3 Å². The summed E-state index contributed by atoms with van der Waals surface area (Å²) in [5.74, 6) is 0.